The van der Waals surface area contributed by atoms with Crippen LogP contribution in [-0.4, -0.2) is 16.1 Å². The van der Waals surface area contributed by atoms with Gasteiger partial charge in [0.05, 0.1) is 17.6 Å². The Kier molecular flexibility index (Phi) is 3.57. The molecule has 0 aliphatic rings. The maximum atomic E-state index is 12.9. The first-order valence-electron chi connectivity index (χ1n) is 4.97. The molecule has 0 aliphatic carbocycles. The molecule has 1 heterocycles. The average Bonchev–Trinajstić information content (AvgIpc) is 2.33. The van der Waals surface area contributed by atoms with Gasteiger partial charge in [-0.15, -0.1) is 0 Å². The summed E-state index contributed by atoms with van der Waals surface area (Å²) in [6.45, 7) is 0. The molecule has 0 atom stereocenters. The van der Waals surface area contributed by atoms with E-state index in [4.69, 9.17) is 5.11 Å². The van der Waals surface area contributed by atoms with Gasteiger partial charge in [0.1, 0.15) is 11.5 Å². The second-order valence-corrected chi connectivity index (χ2v) is 4.34. The molecular formula is C12H8BrFN2O2. The summed E-state index contributed by atoms with van der Waals surface area (Å²) in [4.78, 5) is 14.4. The quantitative estimate of drug-likeness (QED) is 0.911. The lowest BCUT2D eigenvalue weighted by atomic mass is 10.3. The molecule has 2 aromatic rings. The molecule has 0 fully saturated rings. The molecule has 1 aromatic heterocycles. The lowest BCUT2D eigenvalue weighted by Gasteiger charge is -2.08. The fraction of sp³-hybridized carbons (Fsp3) is 0. The highest BCUT2D eigenvalue weighted by Crippen LogP contribution is 2.26. The Bertz CT molecular complexity index is 587. The monoisotopic (exact) mass is 310 g/mol. The lowest BCUT2D eigenvalue weighted by molar-refractivity contribution is 0.0690. The van der Waals surface area contributed by atoms with Crippen LogP contribution in [0, 0.1) is 5.82 Å². The van der Waals surface area contributed by atoms with Crippen LogP contribution in [-0.2, 0) is 0 Å². The summed E-state index contributed by atoms with van der Waals surface area (Å²) in [5.41, 5.74) is 1.26. The number of carbonyl (C=O) groups is 1. The number of rotatable bonds is 3. The van der Waals surface area contributed by atoms with Gasteiger partial charge < -0.3 is 10.4 Å². The van der Waals surface area contributed by atoms with Crippen molar-refractivity contribution < 1.29 is 14.3 Å². The van der Waals surface area contributed by atoms with Crippen molar-refractivity contribution in [1.82, 2.24) is 4.98 Å². The molecule has 0 spiro atoms. The molecule has 1 aromatic carbocycles. The molecule has 18 heavy (non-hydrogen) atoms. The third kappa shape index (κ3) is 2.84. The third-order valence-corrected chi connectivity index (χ3v) is 2.85. The number of carboxylic acids is 1. The maximum absolute atomic E-state index is 12.9. The number of nitrogens with zero attached hydrogens (tertiary/aromatic N) is 1. The number of halogens is 2. The van der Waals surface area contributed by atoms with Crippen molar-refractivity contribution in [2.24, 2.45) is 0 Å². The van der Waals surface area contributed by atoms with E-state index < -0.39 is 5.97 Å². The maximum Gasteiger partial charge on any atom is 0.354 e. The molecule has 0 aliphatic heterocycles. The van der Waals surface area contributed by atoms with Crippen LogP contribution in [0.2, 0.25) is 0 Å². The number of hydrogen-bond acceptors (Lipinski definition) is 3. The smallest absolute Gasteiger partial charge is 0.354 e. The molecule has 0 radical (unpaired) electrons. The first-order chi connectivity index (χ1) is 8.56. The molecule has 0 amide bonds. The van der Waals surface area contributed by atoms with E-state index in [2.05, 4.69) is 26.2 Å². The van der Waals surface area contributed by atoms with Crippen molar-refractivity contribution >= 4 is 33.3 Å². The summed E-state index contributed by atoms with van der Waals surface area (Å²) in [5.74, 6) is -1.42. The van der Waals surface area contributed by atoms with E-state index in [0.29, 0.717) is 15.8 Å². The minimum Gasteiger partial charge on any atom is -0.477 e. The number of anilines is 2. The number of aromatic carboxylic acids is 1. The van der Waals surface area contributed by atoms with Crippen molar-refractivity contribution in [3.8, 4) is 0 Å². The van der Waals surface area contributed by atoms with Crippen molar-refractivity contribution in [2.75, 3.05) is 5.32 Å². The topological polar surface area (TPSA) is 62.2 Å². The average molecular weight is 311 g/mol. The number of pyridine rings is 1. The number of aromatic nitrogens is 1. The molecular weight excluding hydrogens is 303 g/mol. The summed E-state index contributed by atoms with van der Waals surface area (Å²) in [6.07, 6.45) is 1.40. The zero-order chi connectivity index (χ0) is 13.1. The molecule has 0 unspecified atom stereocenters. The van der Waals surface area contributed by atoms with E-state index in [0.717, 1.165) is 0 Å². The summed E-state index contributed by atoms with van der Waals surface area (Å²) in [5, 5.41) is 11.7. The van der Waals surface area contributed by atoms with Gasteiger partial charge in [0, 0.05) is 4.47 Å². The zero-order valence-corrected chi connectivity index (χ0v) is 10.6. The Morgan fingerprint density at radius 2 is 2.11 bits per heavy atom. The molecule has 2 rings (SSSR count). The van der Waals surface area contributed by atoms with Gasteiger partial charge in [0.15, 0.2) is 0 Å². The van der Waals surface area contributed by atoms with Gasteiger partial charge in [-0.1, -0.05) is 0 Å². The summed E-state index contributed by atoms with van der Waals surface area (Å²) >= 11 is 3.23. The van der Waals surface area contributed by atoms with Crippen molar-refractivity contribution in [3.05, 3.63) is 52.5 Å². The van der Waals surface area contributed by atoms with E-state index in [1.165, 1.54) is 24.4 Å². The highest BCUT2D eigenvalue weighted by atomic mass is 79.9. The van der Waals surface area contributed by atoms with Gasteiger partial charge in [-0.05, 0) is 46.3 Å². The van der Waals surface area contributed by atoms with E-state index >= 15 is 0 Å². The zero-order valence-electron chi connectivity index (χ0n) is 9.02. The third-order valence-electron chi connectivity index (χ3n) is 2.19. The molecule has 0 saturated heterocycles. The Hall–Kier alpha value is -1.95. The number of carboxylic acid groups (broad SMARTS) is 1. The number of nitrogens with one attached hydrogen (secondary N) is 1. The predicted octanol–water partition coefficient (Wildman–Crippen LogP) is 3.43. The van der Waals surface area contributed by atoms with Crippen LogP contribution < -0.4 is 5.32 Å². The van der Waals surface area contributed by atoms with Crippen LogP contribution in [0.15, 0.2) is 41.0 Å². The Morgan fingerprint density at radius 3 is 2.67 bits per heavy atom. The van der Waals surface area contributed by atoms with Gasteiger partial charge in [-0.3, -0.25) is 0 Å². The molecule has 0 saturated carbocycles. The van der Waals surface area contributed by atoms with Crippen molar-refractivity contribution in [3.63, 3.8) is 0 Å². The van der Waals surface area contributed by atoms with Crippen LogP contribution in [0.25, 0.3) is 0 Å². The second-order valence-electron chi connectivity index (χ2n) is 3.49. The molecule has 92 valence electrons. The fourth-order valence-corrected chi connectivity index (χ4v) is 1.79. The largest absolute Gasteiger partial charge is 0.477 e. The first kappa shape index (κ1) is 12.5. The normalized spacial score (nSPS) is 10.1. The van der Waals surface area contributed by atoms with Gasteiger partial charge in [-0.2, -0.15) is 0 Å². The predicted molar refractivity (Wildman–Crippen MR) is 68.6 cm³/mol. The summed E-state index contributed by atoms with van der Waals surface area (Å²) in [6, 6.07) is 7.21. The summed E-state index contributed by atoms with van der Waals surface area (Å²) < 4.78 is 13.5. The van der Waals surface area contributed by atoms with E-state index in [9.17, 15) is 9.18 Å². The Balaban J connectivity index is 2.21. The lowest BCUT2D eigenvalue weighted by Crippen LogP contribution is -2.00. The highest BCUT2D eigenvalue weighted by Gasteiger charge is 2.05. The number of hydrogen-bond donors (Lipinski definition) is 2. The summed E-state index contributed by atoms with van der Waals surface area (Å²) in [7, 11) is 0. The van der Waals surface area contributed by atoms with Gasteiger partial charge >= 0.3 is 5.97 Å². The Labute approximate surface area is 111 Å². The minimum absolute atomic E-state index is 0.0290. The van der Waals surface area contributed by atoms with Crippen LogP contribution in [0.5, 0.6) is 0 Å². The van der Waals surface area contributed by atoms with Gasteiger partial charge in [0.25, 0.3) is 0 Å². The molecule has 6 heteroatoms. The van der Waals surface area contributed by atoms with E-state index in [-0.39, 0.29) is 11.5 Å². The van der Waals surface area contributed by atoms with Crippen LogP contribution in [0.1, 0.15) is 10.5 Å². The van der Waals surface area contributed by atoms with E-state index in [1.54, 1.807) is 12.1 Å². The molecule has 2 N–H and O–H groups in total. The van der Waals surface area contributed by atoms with Crippen molar-refractivity contribution in [1.29, 1.82) is 0 Å². The van der Waals surface area contributed by atoms with Crippen molar-refractivity contribution in [2.45, 2.75) is 0 Å². The van der Waals surface area contributed by atoms with Gasteiger partial charge in [0.2, 0.25) is 0 Å². The standard InChI is InChI=1S/C12H8BrFN2O2/c13-9-5-7(14)1-3-10(9)16-8-2-4-11(12(17)18)15-6-8/h1-6,16H,(H,17,18). The van der Waals surface area contributed by atoms with Crippen LogP contribution in [0.4, 0.5) is 15.8 Å². The fourth-order valence-electron chi connectivity index (χ4n) is 1.34. The van der Waals surface area contributed by atoms with Crippen LogP contribution >= 0.6 is 15.9 Å². The van der Waals surface area contributed by atoms with Crippen LogP contribution in [0.3, 0.4) is 0 Å². The highest BCUT2D eigenvalue weighted by molar-refractivity contribution is 9.10. The van der Waals surface area contributed by atoms with E-state index in [1.807, 2.05) is 0 Å². The minimum atomic E-state index is -1.08. The Morgan fingerprint density at radius 1 is 1.33 bits per heavy atom. The molecule has 0 bridgehead atoms. The second kappa shape index (κ2) is 5.14. The van der Waals surface area contributed by atoms with Gasteiger partial charge in [-0.25, -0.2) is 14.2 Å². The molecule has 4 nitrogen and oxygen atoms in total. The SMILES string of the molecule is O=C(O)c1ccc(Nc2ccc(F)cc2Br)cn1. The first-order valence-corrected chi connectivity index (χ1v) is 5.77. The number of benzene rings is 1.